The number of hydrogen-bond donors (Lipinski definition) is 2. The summed E-state index contributed by atoms with van der Waals surface area (Å²) in [6.07, 6.45) is 2.02. The summed E-state index contributed by atoms with van der Waals surface area (Å²) in [7, 11) is -2.26. The molecule has 1 aliphatic rings. The molecule has 1 amide bonds. The van der Waals surface area contributed by atoms with Crippen molar-refractivity contribution in [3.05, 3.63) is 86.6 Å². The summed E-state index contributed by atoms with van der Waals surface area (Å²) in [5.41, 5.74) is 2.92. The van der Waals surface area contributed by atoms with E-state index in [9.17, 15) is 22.7 Å². The molecule has 0 radical (unpaired) electrons. The molecule has 7 nitrogen and oxygen atoms in total. The lowest BCUT2D eigenvalue weighted by Crippen LogP contribution is -2.32. The number of amides is 1. The minimum atomic E-state index is -3.77. The number of sulfonamides is 1. The molecule has 4 aromatic rings. The van der Waals surface area contributed by atoms with E-state index < -0.39 is 21.9 Å². The maximum atomic E-state index is 13.6. The predicted molar refractivity (Wildman–Crippen MR) is 158 cm³/mol. The molecule has 1 unspecified atom stereocenters. The molecule has 0 aliphatic heterocycles. The molecule has 2 N–H and O–H groups in total. The topological polar surface area (TPSA) is 99.8 Å². The first-order valence-corrected chi connectivity index (χ1v) is 15.7. The minimum absolute atomic E-state index is 0.00197. The first-order valence-electron chi connectivity index (χ1n) is 12.7. The molecule has 1 saturated carbocycles. The second-order valence-corrected chi connectivity index (χ2v) is 13.1. The number of benzene rings is 3. The molecule has 1 atom stereocenters. The Morgan fingerprint density at radius 2 is 1.90 bits per heavy atom. The Morgan fingerprint density at radius 3 is 2.52 bits per heavy atom. The number of halogens is 3. The van der Waals surface area contributed by atoms with Crippen LogP contribution in [0.5, 0.6) is 0 Å². The van der Waals surface area contributed by atoms with Crippen molar-refractivity contribution in [1.82, 2.24) is 5.32 Å². The molecule has 1 aromatic heterocycles. The van der Waals surface area contributed by atoms with Crippen molar-refractivity contribution in [1.29, 1.82) is 0 Å². The van der Waals surface area contributed by atoms with Crippen LogP contribution in [-0.4, -0.2) is 39.3 Å². The van der Waals surface area contributed by atoms with Gasteiger partial charge in [-0.1, -0.05) is 27.5 Å². The summed E-state index contributed by atoms with van der Waals surface area (Å²) < 4.78 is 47.9. The summed E-state index contributed by atoms with van der Waals surface area (Å²) >= 11 is 9.54. The third-order valence-electron chi connectivity index (χ3n) is 7.01. The van der Waals surface area contributed by atoms with E-state index in [0.29, 0.717) is 42.8 Å². The Morgan fingerprint density at radius 1 is 1.20 bits per heavy atom. The highest BCUT2D eigenvalue weighted by atomic mass is 79.9. The van der Waals surface area contributed by atoms with Crippen molar-refractivity contribution in [3.63, 3.8) is 0 Å². The zero-order valence-corrected chi connectivity index (χ0v) is 24.9. The number of nitrogens with one attached hydrogen (secondary N) is 1. The second-order valence-electron chi connectivity index (χ2n) is 9.88. The Hall–Kier alpha value is -2.92. The van der Waals surface area contributed by atoms with E-state index in [2.05, 4.69) is 21.2 Å². The smallest absolute Gasteiger partial charge is 0.255 e. The van der Waals surface area contributed by atoms with Gasteiger partial charge in [0.2, 0.25) is 10.0 Å². The first kappa shape index (κ1) is 28.6. The highest BCUT2D eigenvalue weighted by Gasteiger charge is 2.33. The van der Waals surface area contributed by atoms with E-state index in [-0.39, 0.29) is 30.6 Å². The lowest BCUT2D eigenvalue weighted by atomic mass is 10.00. The zero-order valence-electron chi connectivity index (χ0n) is 21.7. The molecule has 210 valence electrons. The zero-order chi connectivity index (χ0) is 28.8. The van der Waals surface area contributed by atoms with Crippen molar-refractivity contribution in [2.75, 3.05) is 24.2 Å². The average molecular weight is 650 g/mol. The molecule has 40 heavy (non-hydrogen) atoms. The number of aliphatic hydroxyl groups is 1. The van der Waals surface area contributed by atoms with Gasteiger partial charge in [0.15, 0.2) is 0 Å². The molecule has 0 bridgehead atoms. The van der Waals surface area contributed by atoms with Crippen molar-refractivity contribution in [2.45, 2.75) is 31.3 Å². The van der Waals surface area contributed by atoms with Crippen molar-refractivity contribution in [3.8, 4) is 11.3 Å². The van der Waals surface area contributed by atoms with E-state index in [4.69, 9.17) is 16.0 Å². The fourth-order valence-electron chi connectivity index (χ4n) is 4.87. The molecule has 1 heterocycles. The van der Waals surface area contributed by atoms with E-state index in [0.717, 1.165) is 24.7 Å². The number of aliphatic hydroxyl groups excluding tert-OH is 1. The van der Waals surface area contributed by atoms with Crippen LogP contribution >= 0.6 is 27.5 Å². The van der Waals surface area contributed by atoms with Gasteiger partial charge in [-0.2, -0.15) is 0 Å². The molecule has 0 spiro atoms. The van der Waals surface area contributed by atoms with Crippen LogP contribution in [-0.2, 0) is 10.0 Å². The number of carbonyl (C=O) groups excluding carboxylic acids is 1. The first-order chi connectivity index (χ1) is 19.0. The molecule has 1 fully saturated rings. The number of furan rings is 1. The summed E-state index contributed by atoms with van der Waals surface area (Å²) in [4.78, 5) is 13.0. The van der Waals surface area contributed by atoms with Crippen LogP contribution in [0, 0.1) is 5.82 Å². The molecule has 3 aromatic carbocycles. The van der Waals surface area contributed by atoms with Gasteiger partial charge in [-0.05, 0) is 84.8 Å². The van der Waals surface area contributed by atoms with Crippen molar-refractivity contribution in [2.24, 2.45) is 0 Å². The van der Waals surface area contributed by atoms with Crippen LogP contribution in [0.25, 0.3) is 22.3 Å². The summed E-state index contributed by atoms with van der Waals surface area (Å²) in [5, 5.41) is 14.6. The van der Waals surface area contributed by atoms with E-state index in [1.54, 1.807) is 24.3 Å². The molecule has 1 aliphatic carbocycles. The van der Waals surface area contributed by atoms with Crippen LogP contribution in [0.2, 0.25) is 5.02 Å². The molecule has 0 saturated heterocycles. The largest absolute Gasteiger partial charge is 0.455 e. The number of fused-ring (bicyclic) bond motifs is 1. The highest BCUT2D eigenvalue weighted by molar-refractivity contribution is 9.10. The number of nitrogens with zero attached hydrogens (tertiary/aromatic N) is 1. The van der Waals surface area contributed by atoms with Crippen molar-refractivity contribution < 1.29 is 27.1 Å². The van der Waals surface area contributed by atoms with Gasteiger partial charge >= 0.3 is 0 Å². The summed E-state index contributed by atoms with van der Waals surface area (Å²) in [6.45, 7) is -0.00197. The lowest BCUT2D eigenvalue weighted by molar-refractivity contribution is 0.0964. The SMILES string of the molecule is CNC(=O)c1c(-c2ccc(F)cc2)oc2cc(N(CCC(O)c3cc(Cl)ccc3Br)S(C)(=O)=O)c(C3CC3)cc12. The highest BCUT2D eigenvalue weighted by Crippen LogP contribution is 2.48. The third kappa shape index (κ3) is 5.76. The number of hydrogen-bond acceptors (Lipinski definition) is 5. The number of rotatable bonds is 9. The van der Waals surface area contributed by atoms with Gasteiger partial charge in [0.1, 0.15) is 17.2 Å². The molecule has 11 heteroatoms. The Bertz CT molecular complexity index is 1700. The normalized spacial score (nSPS) is 14.3. The lowest BCUT2D eigenvalue weighted by Gasteiger charge is -2.26. The van der Waals surface area contributed by atoms with Gasteiger partial charge in [0, 0.05) is 40.1 Å². The third-order valence-corrected chi connectivity index (χ3v) is 9.14. The Kier molecular flexibility index (Phi) is 7.98. The van der Waals surface area contributed by atoms with Crippen LogP contribution in [0.4, 0.5) is 10.1 Å². The minimum Gasteiger partial charge on any atom is -0.455 e. The van der Waals surface area contributed by atoms with E-state index in [1.165, 1.54) is 35.6 Å². The fourth-order valence-corrected chi connectivity index (χ4v) is 6.52. The maximum Gasteiger partial charge on any atom is 0.255 e. The van der Waals surface area contributed by atoms with Gasteiger partial charge in [-0.15, -0.1) is 0 Å². The van der Waals surface area contributed by atoms with Crippen LogP contribution in [0.1, 0.15) is 52.8 Å². The maximum absolute atomic E-state index is 13.6. The molecule has 5 rings (SSSR count). The summed E-state index contributed by atoms with van der Waals surface area (Å²) in [6, 6.07) is 14.2. The molecular formula is C29H27BrClFN2O5S. The number of anilines is 1. The molecular weight excluding hydrogens is 623 g/mol. The van der Waals surface area contributed by atoms with Gasteiger partial charge < -0.3 is 14.8 Å². The van der Waals surface area contributed by atoms with E-state index >= 15 is 0 Å². The predicted octanol–water partition coefficient (Wildman–Crippen LogP) is 6.78. The van der Waals surface area contributed by atoms with Gasteiger partial charge in [0.05, 0.1) is 23.6 Å². The standard InChI is InChI=1S/C29H27BrClFN2O5S/c1-33-29(36)27-22-14-20(16-3-4-16)24(15-26(22)39-28(27)17-5-8-19(32)9-6-17)34(40(2,37)38)12-11-25(35)21-13-18(31)7-10-23(21)30/h5-10,13-16,25,35H,3-4,11-12H2,1-2H3,(H,33,36). The van der Waals surface area contributed by atoms with Crippen LogP contribution in [0.15, 0.2) is 63.5 Å². The second kappa shape index (κ2) is 11.2. The quantitative estimate of drug-likeness (QED) is 0.208. The number of carbonyl (C=O) groups is 1. The monoisotopic (exact) mass is 648 g/mol. The Labute approximate surface area is 245 Å². The average Bonchev–Trinajstić information content (AvgIpc) is 3.69. The fraction of sp³-hybridized carbons (Fsp3) is 0.276. The summed E-state index contributed by atoms with van der Waals surface area (Å²) in [5.74, 6) is -0.407. The van der Waals surface area contributed by atoms with Gasteiger partial charge in [0.25, 0.3) is 5.91 Å². The van der Waals surface area contributed by atoms with Gasteiger partial charge in [-0.3, -0.25) is 9.10 Å². The van der Waals surface area contributed by atoms with Crippen molar-refractivity contribution >= 4 is 60.1 Å². The van der Waals surface area contributed by atoms with Gasteiger partial charge in [-0.25, -0.2) is 12.8 Å². The Balaban J connectivity index is 1.61. The van der Waals surface area contributed by atoms with E-state index in [1.807, 2.05) is 6.07 Å². The van der Waals surface area contributed by atoms with Crippen LogP contribution < -0.4 is 9.62 Å². The van der Waals surface area contributed by atoms with Crippen LogP contribution in [0.3, 0.4) is 0 Å².